The Bertz CT molecular complexity index is 1240. The lowest BCUT2D eigenvalue weighted by Crippen LogP contribution is -2.15. The first-order chi connectivity index (χ1) is 14.3. The molecular weight excluding hydrogens is 406 g/mol. The molecule has 0 unspecified atom stereocenters. The number of ether oxygens (including phenoxy) is 1. The first kappa shape index (κ1) is 19.8. The van der Waals surface area contributed by atoms with Crippen molar-refractivity contribution in [1.29, 1.82) is 0 Å². The van der Waals surface area contributed by atoms with Crippen LogP contribution in [0.4, 0.5) is 5.69 Å². The third kappa shape index (κ3) is 4.23. The molecule has 0 atom stereocenters. The summed E-state index contributed by atoms with van der Waals surface area (Å²) in [6, 6.07) is 16.7. The number of hydrogen-bond acceptors (Lipinski definition) is 5. The summed E-state index contributed by atoms with van der Waals surface area (Å²) in [4.78, 5) is 11.0. The van der Waals surface area contributed by atoms with E-state index >= 15 is 0 Å². The van der Waals surface area contributed by atoms with E-state index in [1.807, 2.05) is 24.3 Å². The van der Waals surface area contributed by atoms with Crippen molar-refractivity contribution in [1.82, 2.24) is 0 Å². The van der Waals surface area contributed by atoms with E-state index in [1.54, 1.807) is 12.1 Å². The van der Waals surface area contributed by atoms with Gasteiger partial charge >= 0.3 is 5.97 Å². The number of aromatic hydroxyl groups is 1. The van der Waals surface area contributed by atoms with Crippen LogP contribution < -0.4 is 9.46 Å². The highest BCUT2D eigenvalue weighted by atomic mass is 32.2. The van der Waals surface area contributed by atoms with Crippen molar-refractivity contribution in [3.05, 3.63) is 77.4 Å². The van der Waals surface area contributed by atoms with Crippen molar-refractivity contribution in [2.75, 3.05) is 11.3 Å². The first-order valence-corrected chi connectivity index (χ1v) is 10.9. The number of hydrogen-bond donors (Lipinski definition) is 3. The lowest BCUT2D eigenvalue weighted by molar-refractivity contribution is 0.0693. The summed E-state index contributed by atoms with van der Waals surface area (Å²) in [7, 11) is -3.77. The molecule has 3 N–H and O–H groups in total. The number of fused-ring (bicyclic) bond motifs is 1. The predicted molar refractivity (Wildman–Crippen MR) is 112 cm³/mol. The van der Waals surface area contributed by atoms with E-state index in [-0.39, 0.29) is 17.0 Å². The van der Waals surface area contributed by atoms with Gasteiger partial charge in [-0.25, -0.2) is 13.2 Å². The number of phenols is 1. The molecule has 0 fully saturated rings. The molecule has 4 rings (SSSR count). The zero-order chi connectivity index (χ0) is 21.3. The number of rotatable bonds is 6. The van der Waals surface area contributed by atoms with Crippen LogP contribution in [0.15, 0.2) is 60.7 Å². The molecular formula is C22H19NO6S. The lowest BCUT2D eigenvalue weighted by atomic mass is 10.0. The van der Waals surface area contributed by atoms with Gasteiger partial charge in [0, 0.05) is 12.5 Å². The summed E-state index contributed by atoms with van der Waals surface area (Å²) in [6.07, 6.45) is 0.856. The highest BCUT2D eigenvalue weighted by Crippen LogP contribution is 2.31. The first-order valence-electron chi connectivity index (χ1n) is 9.22. The summed E-state index contributed by atoms with van der Waals surface area (Å²) in [5.74, 6) is -1.18. The van der Waals surface area contributed by atoms with Crippen LogP contribution in [0.2, 0.25) is 0 Å². The molecule has 7 nitrogen and oxygen atoms in total. The topological polar surface area (TPSA) is 113 Å². The number of sulfonamides is 1. The fraction of sp³-hybridized carbons (Fsp3) is 0.136. The van der Waals surface area contributed by atoms with Crippen molar-refractivity contribution in [3.63, 3.8) is 0 Å². The van der Waals surface area contributed by atoms with E-state index in [0.29, 0.717) is 12.2 Å². The molecule has 0 aliphatic carbocycles. The van der Waals surface area contributed by atoms with Crippen LogP contribution in [0, 0.1) is 0 Å². The molecule has 0 saturated heterocycles. The standard InChI is InChI=1S/C22H19NO6S/c24-20-12-18(5-6-19(20)22(25)26)23-30(27,28)13-14-2-1-3-15(10-14)16-4-7-21-17(11-16)8-9-29-21/h1-7,10-12,23-24H,8-9,13H2,(H,25,26). The summed E-state index contributed by atoms with van der Waals surface area (Å²) in [6.45, 7) is 0.672. The van der Waals surface area contributed by atoms with Gasteiger partial charge in [0.15, 0.2) is 0 Å². The quantitative estimate of drug-likeness (QED) is 0.556. The third-order valence-corrected chi connectivity index (χ3v) is 6.07. The fourth-order valence-corrected chi connectivity index (χ4v) is 4.59. The Kier molecular flexibility index (Phi) is 5.09. The summed E-state index contributed by atoms with van der Waals surface area (Å²) in [5, 5.41) is 18.7. The molecule has 1 aliphatic rings. The number of aromatic carboxylic acids is 1. The second-order valence-electron chi connectivity index (χ2n) is 7.02. The number of carboxylic acids is 1. The van der Waals surface area contributed by atoms with E-state index in [9.17, 15) is 18.3 Å². The van der Waals surface area contributed by atoms with Crippen molar-refractivity contribution >= 4 is 21.7 Å². The van der Waals surface area contributed by atoms with Crippen LogP contribution in [0.25, 0.3) is 11.1 Å². The Morgan fingerprint density at radius 1 is 1.03 bits per heavy atom. The summed E-state index contributed by atoms with van der Waals surface area (Å²) in [5.41, 5.74) is 3.42. The number of benzene rings is 3. The van der Waals surface area contributed by atoms with Gasteiger partial charge < -0.3 is 14.9 Å². The van der Waals surface area contributed by atoms with E-state index in [0.717, 1.165) is 41.0 Å². The molecule has 0 radical (unpaired) electrons. The molecule has 1 heterocycles. The van der Waals surface area contributed by atoms with Crippen LogP contribution in [-0.2, 0) is 22.2 Å². The van der Waals surface area contributed by atoms with Gasteiger partial charge in [-0.05, 0) is 46.5 Å². The number of nitrogens with one attached hydrogen (secondary N) is 1. The zero-order valence-electron chi connectivity index (χ0n) is 15.8. The number of anilines is 1. The maximum absolute atomic E-state index is 12.6. The Morgan fingerprint density at radius 2 is 1.83 bits per heavy atom. The van der Waals surface area contributed by atoms with Crippen LogP contribution in [0.3, 0.4) is 0 Å². The Labute approximate surface area is 173 Å². The van der Waals surface area contributed by atoms with Crippen molar-refractivity contribution in [2.45, 2.75) is 12.2 Å². The minimum atomic E-state index is -3.77. The largest absolute Gasteiger partial charge is 0.507 e. The molecule has 0 aromatic heterocycles. The molecule has 154 valence electrons. The number of carbonyl (C=O) groups is 1. The molecule has 0 bridgehead atoms. The van der Waals surface area contributed by atoms with Gasteiger partial charge in [0.25, 0.3) is 0 Å². The van der Waals surface area contributed by atoms with Gasteiger partial charge in [-0.1, -0.05) is 30.3 Å². The molecule has 0 saturated carbocycles. The second kappa shape index (κ2) is 7.72. The van der Waals surface area contributed by atoms with Crippen molar-refractivity contribution < 1.29 is 28.2 Å². The average molecular weight is 425 g/mol. The fourth-order valence-electron chi connectivity index (χ4n) is 3.42. The SMILES string of the molecule is O=C(O)c1ccc(NS(=O)(=O)Cc2cccc(-c3ccc4c(c3)CCO4)c2)cc1O. The van der Waals surface area contributed by atoms with Crippen LogP contribution in [-0.4, -0.2) is 31.2 Å². The average Bonchev–Trinajstić information content (AvgIpc) is 3.15. The smallest absolute Gasteiger partial charge is 0.339 e. The Hall–Kier alpha value is -3.52. The predicted octanol–water partition coefficient (Wildman–Crippen LogP) is 3.63. The Morgan fingerprint density at radius 3 is 2.60 bits per heavy atom. The summed E-state index contributed by atoms with van der Waals surface area (Å²) >= 11 is 0. The van der Waals surface area contributed by atoms with E-state index in [2.05, 4.69) is 10.8 Å². The molecule has 3 aromatic rings. The monoisotopic (exact) mass is 425 g/mol. The van der Waals surface area contributed by atoms with Gasteiger partial charge in [-0.2, -0.15) is 0 Å². The molecule has 30 heavy (non-hydrogen) atoms. The van der Waals surface area contributed by atoms with Gasteiger partial charge in [-0.15, -0.1) is 0 Å². The van der Waals surface area contributed by atoms with E-state index < -0.39 is 21.7 Å². The van der Waals surface area contributed by atoms with E-state index in [4.69, 9.17) is 9.84 Å². The van der Waals surface area contributed by atoms with Crippen LogP contribution in [0.1, 0.15) is 21.5 Å². The minimum absolute atomic E-state index is 0.0901. The highest BCUT2D eigenvalue weighted by molar-refractivity contribution is 7.91. The maximum atomic E-state index is 12.6. The second-order valence-corrected chi connectivity index (χ2v) is 8.74. The summed E-state index contributed by atoms with van der Waals surface area (Å²) < 4.78 is 33.0. The highest BCUT2D eigenvalue weighted by Gasteiger charge is 2.16. The van der Waals surface area contributed by atoms with Crippen LogP contribution in [0.5, 0.6) is 11.5 Å². The van der Waals surface area contributed by atoms with Crippen molar-refractivity contribution in [2.24, 2.45) is 0 Å². The van der Waals surface area contributed by atoms with Gasteiger partial charge in [-0.3, -0.25) is 4.72 Å². The molecule has 3 aromatic carbocycles. The lowest BCUT2D eigenvalue weighted by Gasteiger charge is -2.11. The molecule has 1 aliphatic heterocycles. The molecule has 8 heteroatoms. The van der Waals surface area contributed by atoms with E-state index in [1.165, 1.54) is 6.07 Å². The maximum Gasteiger partial charge on any atom is 0.339 e. The van der Waals surface area contributed by atoms with Gasteiger partial charge in [0.05, 0.1) is 18.0 Å². The molecule has 0 spiro atoms. The normalized spacial score (nSPS) is 12.8. The minimum Gasteiger partial charge on any atom is -0.507 e. The number of carboxylic acid groups (broad SMARTS) is 1. The molecule has 0 amide bonds. The van der Waals surface area contributed by atoms with Gasteiger partial charge in [0.2, 0.25) is 10.0 Å². The van der Waals surface area contributed by atoms with Crippen molar-refractivity contribution in [3.8, 4) is 22.6 Å². The Balaban J connectivity index is 1.53. The third-order valence-electron chi connectivity index (χ3n) is 4.81. The van der Waals surface area contributed by atoms with Crippen LogP contribution >= 0.6 is 0 Å². The van der Waals surface area contributed by atoms with Gasteiger partial charge in [0.1, 0.15) is 17.1 Å². The zero-order valence-corrected chi connectivity index (χ0v) is 16.6.